The van der Waals surface area contributed by atoms with Crippen LogP contribution in [0.4, 0.5) is 0 Å². The molecule has 0 aliphatic carbocycles. The smallest absolute Gasteiger partial charge is 0.216 e. The molecule has 0 unspecified atom stereocenters. The summed E-state index contributed by atoms with van der Waals surface area (Å²) < 4.78 is -6.82. The van der Waals surface area contributed by atoms with Gasteiger partial charge in [-0.05, 0) is 0 Å². The maximum absolute atomic E-state index is 5.54. The van der Waals surface area contributed by atoms with E-state index in [9.17, 15) is 0 Å². The van der Waals surface area contributed by atoms with Crippen LogP contribution in [0.5, 0.6) is 0 Å². The molecule has 0 spiro atoms. The van der Waals surface area contributed by atoms with Crippen molar-refractivity contribution in [3.8, 4) is 0 Å². The number of halogens is 9. The van der Waals surface area contributed by atoms with Crippen molar-refractivity contribution in [2.45, 2.75) is 16.9 Å². The highest BCUT2D eigenvalue weighted by molar-refractivity contribution is 6.78. The maximum atomic E-state index is 5.54. The minimum absolute atomic E-state index is 2.27. The summed E-state index contributed by atoms with van der Waals surface area (Å²) in [5, 5.41) is 0. The van der Waals surface area contributed by atoms with Gasteiger partial charge in [-0.15, -0.1) is 0 Å². The molecule has 0 saturated heterocycles. The average Bonchev–Trinajstić information content (AvgIpc) is 1.77. The quantitative estimate of drug-likeness (QED) is 0.598. The molecule has 0 radical (unpaired) electrons. The van der Waals surface area contributed by atoms with Crippen LogP contribution in [0.3, 0.4) is 0 Å². The molecule has 0 bridgehead atoms. The van der Waals surface area contributed by atoms with Crippen molar-refractivity contribution in [3.63, 3.8) is 0 Å². The lowest BCUT2D eigenvalue weighted by Gasteiger charge is -2.45. The summed E-state index contributed by atoms with van der Waals surface area (Å²) in [5.74, 6) is 0. The first-order valence-electron chi connectivity index (χ1n) is 2.74. The van der Waals surface area contributed by atoms with Crippen LogP contribution >= 0.6 is 104 Å². The van der Waals surface area contributed by atoms with Crippen LogP contribution in [0.2, 0.25) is 0 Å². The van der Waals surface area contributed by atoms with E-state index < -0.39 is 16.9 Å². The Morgan fingerprint density at radius 3 is 0.643 bits per heavy atom. The van der Waals surface area contributed by atoms with Crippen molar-refractivity contribution in [3.05, 3.63) is 0 Å². The molecule has 14 heavy (non-hydrogen) atoms. The number of alkyl halides is 9. The molecule has 1 nitrogen and oxygen atoms in total. The molecular formula is C4H2Cl9N. The molecule has 0 aliphatic rings. The van der Waals surface area contributed by atoms with E-state index in [1.165, 1.54) is 0 Å². The highest BCUT2D eigenvalue weighted by atomic mass is 35.6. The third-order valence-electron chi connectivity index (χ3n) is 1.34. The Bertz CT molecular complexity index is 170. The zero-order valence-electron chi connectivity index (χ0n) is 5.98. The van der Waals surface area contributed by atoms with Gasteiger partial charge in [-0.1, -0.05) is 104 Å². The lowest BCUT2D eigenvalue weighted by molar-refractivity contribution is 0.448. The fourth-order valence-corrected chi connectivity index (χ4v) is 4.34. The normalized spacial score (nSPS) is 15.9. The standard InChI is InChI=1S/C4H2Cl9N/c5-2(6,7)1(14,3(8,9)10)4(11,12)13/h14H2. The van der Waals surface area contributed by atoms with Gasteiger partial charge in [0.05, 0.1) is 0 Å². The lowest BCUT2D eigenvalue weighted by Crippen LogP contribution is -2.69. The first-order valence-corrected chi connectivity index (χ1v) is 6.14. The first kappa shape index (κ1) is 16.6. The van der Waals surface area contributed by atoms with Gasteiger partial charge >= 0.3 is 0 Å². The van der Waals surface area contributed by atoms with Crippen LogP contribution < -0.4 is 5.73 Å². The third kappa shape index (κ3) is 3.07. The molecule has 10 heteroatoms. The van der Waals surface area contributed by atoms with E-state index in [4.69, 9.17) is 110 Å². The molecule has 0 atom stereocenters. The summed E-state index contributed by atoms with van der Waals surface area (Å²) >= 11 is 49.6. The van der Waals surface area contributed by atoms with E-state index in [-0.39, 0.29) is 0 Å². The Labute approximate surface area is 126 Å². The molecule has 0 rings (SSSR count). The molecular weight excluding hydrogens is 381 g/mol. The molecule has 0 fully saturated rings. The van der Waals surface area contributed by atoms with Gasteiger partial charge in [0.1, 0.15) is 0 Å². The second-order valence-corrected chi connectivity index (χ2v) is 9.14. The monoisotopic (exact) mass is 379 g/mol. The summed E-state index contributed by atoms with van der Waals surface area (Å²) in [4.78, 5) is 0. The molecule has 0 aromatic rings. The molecule has 0 saturated carbocycles. The fraction of sp³-hybridized carbons (Fsp3) is 1.00. The second-order valence-electron chi connectivity index (χ2n) is 2.30. The van der Waals surface area contributed by atoms with E-state index in [2.05, 4.69) is 0 Å². The summed E-state index contributed by atoms with van der Waals surface area (Å²) in [7, 11) is 0. The zero-order chi connectivity index (χ0) is 12.0. The van der Waals surface area contributed by atoms with Crippen molar-refractivity contribution in [2.75, 3.05) is 0 Å². The molecule has 0 aromatic heterocycles. The van der Waals surface area contributed by atoms with Crippen molar-refractivity contribution >= 4 is 104 Å². The molecule has 2 N–H and O–H groups in total. The van der Waals surface area contributed by atoms with Gasteiger partial charge < -0.3 is 5.73 Å². The van der Waals surface area contributed by atoms with Crippen molar-refractivity contribution in [1.29, 1.82) is 0 Å². The SMILES string of the molecule is NC(C(Cl)(Cl)Cl)(C(Cl)(Cl)Cl)C(Cl)(Cl)Cl. The van der Waals surface area contributed by atoms with E-state index in [1.54, 1.807) is 0 Å². The molecule has 0 heterocycles. The minimum Gasteiger partial charge on any atom is -0.314 e. The summed E-state index contributed by atoms with van der Waals surface area (Å²) in [6, 6.07) is 0. The summed E-state index contributed by atoms with van der Waals surface area (Å²) in [6.07, 6.45) is 0. The van der Waals surface area contributed by atoms with Gasteiger partial charge in [0, 0.05) is 0 Å². The van der Waals surface area contributed by atoms with E-state index >= 15 is 0 Å². The fourth-order valence-electron chi connectivity index (χ4n) is 0.482. The number of hydrogen-bond acceptors (Lipinski definition) is 1. The second kappa shape index (κ2) is 4.68. The minimum atomic E-state index is -2.30. The third-order valence-corrected chi connectivity index (χ3v) is 4.02. The van der Waals surface area contributed by atoms with Gasteiger partial charge in [0.2, 0.25) is 11.4 Å². The van der Waals surface area contributed by atoms with E-state index in [0.29, 0.717) is 0 Å². The molecule has 0 aromatic carbocycles. The van der Waals surface area contributed by atoms with Crippen molar-refractivity contribution in [2.24, 2.45) is 5.73 Å². The summed E-state index contributed by atoms with van der Waals surface area (Å²) in [5.41, 5.74) is 3.24. The van der Waals surface area contributed by atoms with Crippen LogP contribution in [0.25, 0.3) is 0 Å². The molecule has 0 aliphatic heterocycles. The molecule has 0 amide bonds. The largest absolute Gasteiger partial charge is 0.314 e. The topological polar surface area (TPSA) is 26.0 Å². The molecule has 86 valence electrons. The lowest BCUT2D eigenvalue weighted by atomic mass is 10.1. The van der Waals surface area contributed by atoms with Crippen LogP contribution in [-0.4, -0.2) is 16.9 Å². The van der Waals surface area contributed by atoms with E-state index in [1.807, 2.05) is 0 Å². The highest BCUT2D eigenvalue weighted by Crippen LogP contribution is 2.59. The Kier molecular flexibility index (Phi) is 5.54. The van der Waals surface area contributed by atoms with Gasteiger partial charge in [-0.25, -0.2) is 0 Å². The predicted molar refractivity (Wildman–Crippen MR) is 67.8 cm³/mol. The van der Waals surface area contributed by atoms with E-state index in [0.717, 1.165) is 0 Å². The Morgan fingerprint density at radius 1 is 0.500 bits per heavy atom. The summed E-state index contributed by atoms with van der Waals surface area (Å²) in [6.45, 7) is 0. The van der Waals surface area contributed by atoms with Crippen LogP contribution in [0, 0.1) is 0 Å². The number of rotatable bonds is 0. The zero-order valence-corrected chi connectivity index (χ0v) is 12.8. The van der Waals surface area contributed by atoms with Crippen molar-refractivity contribution in [1.82, 2.24) is 0 Å². The Morgan fingerprint density at radius 2 is 0.643 bits per heavy atom. The van der Waals surface area contributed by atoms with Gasteiger partial charge in [0.25, 0.3) is 0 Å². The number of nitrogens with two attached hydrogens (primary N) is 1. The maximum Gasteiger partial charge on any atom is 0.216 e. The van der Waals surface area contributed by atoms with Crippen LogP contribution in [0.1, 0.15) is 0 Å². The van der Waals surface area contributed by atoms with Gasteiger partial charge in [-0.2, -0.15) is 0 Å². The highest BCUT2D eigenvalue weighted by Gasteiger charge is 2.68. The Hall–Kier alpha value is 2.57. The predicted octanol–water partition coefficient (Wildman–Crippen LogP) is 4.79. The van der Waals surface area contributed by atoms with Gasteiger partial charge in [-0.3, -0.25) is 0 Å². The van der Waals surface area contributed by atoms with Crippen LogP contribution in [-0.2, 0) is 0 Å². The first-order chi connectivity index (χ1) is 5.75. The Balaban J connectivity index is 5.54. The van der Waals surface area contributed by atoms with Gasteiger partial charge in [0.15, 0.2) is 5.54 Å². The number of hydrogen-bond donors (Lipinski definition) is 1. The average molecular weight is 383 g/mol. The van der Waals surface area contributed by atoms with Crippen LogP contribution in [0.15, 0.2) is 0 Å². The van der Waals surface area contributed by atoms with Crippen molar-refractivity contribution < 1.29 is 0 Å².